The summed E-state index contributed by atoms with van der Waals surface area (Å²) in [5.41, 5.74) is -1.81. The van der Waals surface area contributed by atoms with Gasteiger partial charge in [-0.1, -0.05) is 6.92 Å². The molecular formula is C9H18O5. The highest BCUT2D eigenvalue weighted by molar-refractivity contribution is 5.76. The van der Waals surface area contributed by atoms with Gasteiger partial charge >= 0.3 is 5.97 Å². The van der Waals surface area contributed by atoms with E-state index in [1.165, 1.54) is 6.92 Å². The van der Waals surface area contributed by atoms with Crippen LogP contribution in [0.4, 0.5) is 0 Å². The van der Waals surface area contributed by atoms with Gasteiger partial charge in [0.05, 0.1) is 19.8 Å². The number of hydrogen-bond acceptors (Lipinski definition) is 4. The third kappa shape index (κ3) is 5.90. The molecule has 0 radical (unpaired) electrons. The van der Waals surface area contributed by atoms with Crippen molar-refractivity contribution in [2.24, 2.45) is 0 Å². The molecule has 1 atom stereocenters. The van der Waals surface area contributed by atoms with Crippen molar-refractivity contribution in [2.75, 3.05) is 26.4 Å². The summed E-state index contributed by atoms with van der Waals surface area (Å²) in [6.45, 7) is 4.35. The van der Waals surface area contributed by atoms with Crippen LogP contribution in [0.5, 0.6) is 0 Å². The Morgan fingerprint density at radius 2 is 1.86 bits per heavy atom. The van der Waals surface area contributed by atoms with E-state index >= 15 is 0 Å². The lowest BCUT2D eigenvalue weighted by Crippen LogP contribution is -2.40. The number of aliphatic hydroxyl groups is 1. The summed E-state index contributed by atoms with van der Waals surface area (Å²) in [6.07, 6.45) is 0.937. The van der Waals surface area contributed by atoms with Gasteiger partial charge in [0.1, 0.15) is 0 Å². The summed E-state index contributed by atoms with van der Waals surface area (Å²) in [7, 11) is 0. The normalized spacial score (nSPS) is 15.1. The van der Waals surface area contributed by atoms with Crippen LogP contribution in [0, 0.1) is 0 Å². The van der Waals surface area contributed by atoms with Crippen LogP contribution in [0.1, 0.15) is 20.3 Å². The fourth-order valence-corrected chi connectivity index (χ4v) is 0.697. The Bertz CT molecular complexity index is 167. The van der Waals surface area contributed by atoms with Crippen LogP contribution < -0.4 is 0 Å². The molecule has 0 aromatic heterocycles. The topological polar surface area (TPSA) is 76.0 Å². The molecule has 0 spiro atoms. The minimum Gasteiger partial charge on any atom is -0.479 e. The predicted molar refractivity (Wildman–Crippen MR) is 50.2 cm³/mol. The standard InChI is InChI=1S/C9H18O5/c1-3-4-13-5-6-14-7-9(2,12)8(10)11/h12H,3-7H2,1-2H3,(H,10,11). The second kappa shape index (κ2) is 6.75. The van der Waals surface area contributed by atoms with E-state index in [-0.39, 0.29) is 6.61 Å². The van der Waals surface area contributed by atoms with E-state index in [9.17, 15) is 9.90 Å². The third-order valence-electron chi connectivity index (χ3n) is 1.56. The average Bonchev–Trinajstić information content (AvgIpc) is 2.10. The van der Waals surface area contributed by atoms with Crippen LogP contribution in [0.15, 0.2) is 0 Å². The molecule has 0 aromatic rings. The molecule has 0 aliphatic carbocycles. The molecule has 0 bridgehead atoms. The number of carbonyl (C=O) groups is 1. The molecule has 84 valence electrons. The van der Waals surface area contributed by atoms with Crippen molar-refractivity contribution >= 4 is 5.97 Å². The first-order valence-corrected chi connectivity index (χ1v) is 4.62. The fraction of sp³-hybridized carbons (Fsp3) is 0.889. The Morgan fingerprint density at radius 1 is 1.29 bits per heavy atom. The van der Waals surface area contributed by atoms with Gasteiger partial charge in [-0.25, -0.2) is 4.79 Å². The first-order chi connectivity index (χ1) is 6.50. The SMILES string of the molecule is CCCOCCOCC(C)(O)C(=O)O. The molecule has 2 N–H and O–H groups in total. The molecule has 0 fully saturated rings. The van der Waals surface area contributed by atoms with E-state index in [0.717, 1.165) is 6.42 Å². The van der Waals surface area contributed by atoms with Gasteiger partial charge in [0.15, 0.2) is 5.60 Å². The smallest absolute Gasteiger partial charge is 0.337 e. The maximum Gasteiger partial charge on any atom is 0.337 e. The lowest BCUT2D eigenvalue weighted by molar-refractivity contribution is -0.163. The Balaban J connectivity index is 3.40. The fourth-order valence-electron chi connectivity index (χ4n) is 0.697. The van der Waals surface area contributed by atoms with Crippen molar-refractivity contribution in [1.29, 1.82) is 0 Å². The van der Waals surface area contributed by atoms with E-state index in [4.69, 9.17) is 14.6 Å². The molecular weight excluding hydrogens is 188 g/mol. The molecule has 0 rings (SSSR count). The van der Waals surface area contributed by atoms with Gasteiger partial charge in [0, 0.05) is 6.61 Å². The first kappa shape index (κ1) is 13.4. The molecule has 0 aromatic carbocycles. The maximum absolute atomic E-state index is 10.4. The number of hydrogen-bond donors (Lipinski definition) is 2. The zero-order chi connectivity index (χ0) is 11.0. The van der Waals surface area contributed by atoms with Gasteiger partial charge in [-0.05, 0) is 13.3 Å². The van der Waals surface area contributed by atoms with Gasteiger partial charge in [0.25, 0.3) is 0 Å². The third-order valence-corrected chi connectivity index (χ3v) is 1.56. The largest absolute Gasteiger partial charge is 0.479 e. The Hall–Kier alpha value is -0.650. The van der Waals surface area contributed by atoms with Gasteiger partial charge in [0.2, 0.25) is 0 Å². The average molecular weight is 206 g/mol. The number of aliphatic carboxylic acids is 1. The van der Waals surface area contributed by atoms with Crippen LogP contribution in [0.3, 0.4) is 0 Å². The number of carboxylic acid groups (broad SMARTS) is 1. The molecule has 0 aliphatic rings. The zero-order valence-electron chi connectivity index (χ0n) is 8.65. The highest BCUT2D eigenvalue weighted by Crippen LogP contribution is 2.03. The van der Waals surface area contributed by atoms with Crippen molar-refractivity contribution in [2.45, 2.75) is 25.9 Å². The van der Waals surface area contributed by atoms with E-state index in [0.29, 0.717) is 19.8 Å². The van der Waals surface area contributed by atoms with Gasteiger partial charge < -0.3 is 19.7 Å². The molecule has 5 nitrogen and oxygen atoms in total. The number of carboxylic acids is 1. The second-order valence-electron chi connectivity index (χ2n) is 3.24. The van der Waals surface area contributed by atoms with Crippen LogP contribution in [0.25, 0.3) is 0 Å². The second-order valence-corrected chi connectivity index (χ2v) is 3.24. The molecule has 0 amide bonds. The van der Waals surface area contributed by atoms with E-state index in [1.54, 1.807) is 0 Å². The van der Waals surface area contributed by atoms with Crippen LogP contribution >= 0.6 is 0 Å². The lowest BCUT2D eigenvalue weighted by atomic mass is 10.1. The zero-order valence-corrected chi connectivity index (χ0v) is 8.65. The maximum atomic E-state index is 10.4. The van der Waals surface area contributed by atoms with Gasteiger partial charge in [-0.3, -0.25) is 0 Å². The number of ether oxygens (including phenoxy) is 2. The van der Waals surface area contributed by atoms with E-state index in [1.807, 2.05) is 6.92 Å². The Labute approximate surface area is 83.6 Å². The molecule has 0 aliphatic heterocycles. The highest BCUT2D eigenvalue weighted by Gasteiger charge is 2.29. The van der Waals surface area contributed by atoms with Gasteiger partial charge in [-0.2, -0.15) is 0 Å². The first-order valence-electron chi connectivity index (χ1n) is 4.62. The van der Waals surface area contributed by atoms with Crippen molar-refractivity contribution in [1.82, 2.24) is 0 Å². The lowest BCUT2D eigenvalue weighted by Gasteiger charge is -2.17. The Morgan fingerprint density at radius 3 is 2.36 bits per heavy atom. The highest BCUT2D eigenvalue weighted by atomic mass is 16.5. The monoisotopic (exact) mass is 206 g/mol. The minimum absolute atomic E-state index is 0.224. The summed E-state index contributed by atoms with van der Waals surface area (Å²) in [4.78, 5) is 10.4. The summed E-state index contributed by atoms with van der Waals surface area (Å²) < 4.78 is 10.1. The van der Waals surface area contributed by atoms with Gasteiger partial charge in [-0.15, -0.1) is 0 Å². The molecule has 0 saturated heterocycles. The van der Waals surface area contributed by atoms with Crippen LogP contribution in [-0.4, -0.2) is 48.2 Å². The summed E-state index contributed by atoms with van der Waals surface area (Å²) in [5.74, 6) is -1.29. The van der Waals surface area contributed by atoms with Crippen LogP contribution in [-0.2, 0) is 14.3 Å². The Kier molecular flexibility index (Phi) is 6.44. The summed E-state index contributed by atoms with van der Waals surface area (Å²) >= 11 is 0. The predicted octanol–water partition coefficient (Wildman–Crippen LogP) is 0.265. The quantitative estimate of drug-likeness (QED) is 0.557. The molecule has 1 unspecified atom stereocenters. The molecule has 0 saturated carbocycles. The van der Waals surface area contributed by atoms with E-state index < -0.39 is 11.6 Å². The van der Waals surface area contributed by atoms with E-state index in [2.05, 4.69) is 0 Å². The van der Waals surface area contributed by atoms with Crippen molar-refractivity contribution in [3.63, 3.8) is 0 Å². The minimum atomic E-state index is -1.81. The molecule has 0 heterocycles. The molecule has 5 heteroatoms. The van der Waals surface area contributed by atoms with Crippen molar-refractivity contribution in [3.05, 3.63) is 0 Å². The van der Waals surface area contributed by atoms with Crippen molar-refractivity contribution < 1.29 is 24.5 Å². The summed E-state index contributed by atoms with van der Waals surface area (Å²) in [6, 6.07) is 0. The number of rotatable bonds is 8. The van der Waals surface area contributed by atoms with Crippen LogP contribution in [0.2, 0.25) is 0 Å². The molecule has 14 heavy (non-hydrogen) atoms. The summed E-state index contributed by atoms with van der Waals surface area (Å²) in [5, 5.41) is 17.7. The van der Waals surface area contributed by atoms with Crippen molar-refractivity contribution in [3.8, 4) is 0 Å².